The van der Waals surface area contributed by atoms with Crippen molar-refractivity contribution in [1.29, 1.82) is 0 Å². The molecule has 2 heteroatoms. The Kier molecular flexibility index (Phi) is 3.76. The van der Waals surface area contributed by atoms with Gasteiger partial charge in [-0.1, -0.05) is 32.0 Å². The summed E-state index contributed by atoms with van der Waals surface area (Å²) < 4.78 is 1.97. The van der Waals surface area contributed by atoms with Crippen molar-refractivity contribution in [3.63, 3.8) is 0 Å². The average molecular weight is 174 g/mol. The van der Waals surface area contributed by atoms with Gasteiger partial charge in [-0.25, -0.2) is 4.98 Å². The Morgan fingerprint density at radius 1 is 1.08 bits per heavy atom. The van der Waals surface area contributed by atoms with Crippen LogP contribution in [-0.4, -0.2) is 9.55 Å². The summed E-state index contributed by atoms with van der Waals surface area (Å²) in [5.74, 6) is 0. The van der Waals surface area contributed by atoms with Crippen LogP contribution in [-0.2, 0) is 0 Å². The van der Waals surface area contributed by atoms with E-state index < -0.39 is 0 Å². The molecule has 13 heavy (non-hydrogen) atoms. The molecular formula is C11H14N2. The summed E-state index contributed by atoms with van der Waals surface area (Å²) in [4.78, 5) is 3.96. The zero-order valence-electron chi connectivity index (χ0n) is 8.01. The van der Waals surface area contributed by atoms with Gasteiger partial charge in [0.15, 0.2) is 0 Å². The molecule has 1 aromatic heterocycles. The van der Waals surface area contributed by atoms with Crippen molar-refractivity contribution in [2.24, 2.45) is 0 Å². The SMILES string of the molecule is CC.c1ccc(-n2ccnc2)cc1. The maximum absolute atomic E-state index is 3.96. The molecule has 0 aliphatic carbocycles. The lowest BCUT2D eigenvalue weighted by atomic mass is 10.3. The van der Waals surface area contributed by atoms with Crippen molar-refractivity contribution < 1.29 is 0 Å². The second kappa shape index (κ2) is 5.14. The van der Waals surface area contributed by atoms with Crippen LogP contribution in [0.3, 0.4) is 0 Å². The third-order valence-corrected chi connectivity index (χ3v) is 1.56. The molecule has 0 radical (unpaired) electrons. The fourth-order valence-corrected chi connectivity index (χ4v) is 1.01. The largest absolute Gasteiger partial charge is 0.306 e. The van der Waals surface area contributed by atoms with Crippen molar-refractivity contribution in [1.82, 2.24) is 9.55 Å². The molecule has 0 aliphatic heterocycles. The van der Waals surface area contributed by atoms with Gasteiger partial charge in [-0.05, 0) is 12.1 Å². The van der Waals surface area contributed by atoms with Crippen LogP contribution in [0.4, 0.5) is 0 Å². The van der Waals surface area contributed by atoms with Crippen molar-refractivity contribution in [3.05, 3.63) is 49.1 Å². The summed E-state index contributed by atoms with van der Waals surface area (Å²) in [6, 6.07) is 10.1. The Bertz CT molecular complexity index is 311. The normalized spacial score (nSPS) is 8.77. The zero-order valence-corrected chi connectivity index (χ0v) is 8.01. The number of hydrogen-bond acceptors (Lipinski definition) is 1. The molecule has 68 valence electrons. The second-order valence-electron chi connectivity index (χ2n) is 2.31. The van der Waals surface area contributed by atoms with Crippen LogP contribution in [0, 0.1) is 0 Å². The third kappa shape index (κ3) is 2.44. The van der Waals surface area contributed by atoms with Crippen LogP contribution in [0.2, 0.25) is 0 Å². The molecule has 0 saturated carbocycles. The fourth-order valence-electron chi connectivity index (χ4n) is 1.01. The Balaban J connectivity index is 0.000000396. The van der Waals surface area contributed by atoms with E-state index in [2.05, 4.69) is 4.98 Å². The van der Waals surface area contributed by atoms with E-state index in [0.717, 1.165) is 5.69 Å². The quantitative estimate of drug-likeness (QED) is 0.650. The van der Waals surface area contributed by atoms with Gasteiger partial charge in [0.05, 0.1) is 6.33 Å². The molecular weight excluding hydrogens is 160 g/mol. The molecule has 0 amide bonds. The molecule has 0 saturated heterocycles. The molecule has 0 aliphatic rings. The highest BCUT2D eigenvalue weighted by Gasteiger charge is 1.89. The van der Waals surface area contributed by atoms with Gasteiger partial charge in [-0.15, -0.1) is 0 Å². The Morgan fingerprint density at radius 2 is 1.77 bits per heavy atom. The molecule has 2 aromatic rings. The lowest BCUT2D eigenvalue weighted by Gasteiger charge is -1.98. The molecule has 0 fully saturated rings. The zero-order chi connectivity index (χ0) is 9.52. The van der Waals surface area contributed by atoms with Gasteiger partial charge >= 0.3 is 0 Å². The summed E-state index contributed by atoms with van der Waals surface area (Å²) in [5, 5.41) is 0. The van der Waals surface area contributed by atoms with Crippen LogP contribution >= 0.6 is 0 Å². The average Bonchev–Trinajstić information content (AvgIpc) is 2.75. The van der Waals surface area contributed by atoms with Gasteiger partial charge in [-0.2, -0.15) is 0 Å². The van der Waals surface area contributed by atoms with E-state index in [-0.39, 0.29) is 0 Å². The first-order valence-electron chi connectivity index (χ1n) is 4.50. The summed E-state index contributed by atoms with van der Waals surface area (Å²) in [7, 11) is 0. The van der Waals surface area contributed by atoms with Crippen LogP contribution in [0.25, 0.3) is 5.69 Å². The van der Waals surface area contributed by atoms with E-state index in [4.69, 9.17) is 0 Å². The molecule has 0 atom stereocenters. The van der Waals surface area contributed by atoms with E-state index in [1.54, 1.807) is 12.5 Å². The van der Waals surface area contributed by atoms with Crippen molar-refractivity contribution in [2.75, 3.05) is 0 Å². The number of aromatic nitrogens is 2. The number of rotatable bonds is 1. The van der Waals surface area contributed by atoms with E-state index in [0.29, 0.717) is 0 Å². The first-order valence-corrected chi connectivity index (χ1v) is 4.50. The standard InChI is InChI=1S/C9H8N2.C2H6/c1-2-4-9(5-3-1)11-7-6-10-8-11;1-2/h1-8H;1-2H3. The molecule has 0 unspecified atom stereocenters. The third-order valence-electron chi connectivity index (χ3n) is 1.56. The maximum atomic E-state index is 3.96. The fraction of sp³-hybridized carbons (Fsp3) is 0.182. The van der Waals surface area contributed by atoms with E-state index >= 15 is 0 Å². The lowest BCUT2D eigenvalue weighted by molar-refractivity contribution is 1.06. The van der Waals surface area contributed by atoms with Crippen LogP contribution in [0.15, 0.2) is 49.1 Å². The van der Waals surface area contributed by atoms with E-state index in [9.17, 15) is 0 Å². The highest BCUT2D eigenvalue weighted by molar-refractivity contribution is 5.30. The molecule has 0 N–H and O–H groups in total. The van der Waals surface area contributed by atoms with E-state index in [1.165, 1.54) is 0 Å². The molecule has 1 heterocycles. The summed E-state index contributed by atoms with van der Waals surface area (Å²) in [6.07, 6.45) is 5.48. The lowest BCUT2D eigenvalue weighted by Crippen LogP contribution is -1.87. The van der Waals surface area contributed by atoms with Gasteiger partial charge < -0.3 is 4.57 Å². The highest BCUT2D eigenvalue weighted by Crippen LogP contribution is 2.04. The minimum absolute atomic E-state index is 1.14. The minimum Gasteiger partial charge on any atom is -0.306 e. The van der Waals surface area contributed by atoms with Gasteiger partial charge in [0.1, 0.15) is 0 Å². The number of benzene rings is 1. The number of nitrogens with zero attached hydrogens (tertiary/aromatic N) is 2. The Hall–Kier alpha value is -1.57. The summed E-state index contributed by atoms with van der Waals surface area (Å²) in [6.45, 7) is 4.00. The molecule has 2 rings (SSSR count). The summed E-state index contributed by atoms with van der Waals surface area (Å²) in [5.41, 5.74) is 1.14. The van der Waals surface area contributed by atoms with Gasteiger partial charge in [-0.3, -0.25) is 0 Å². The van der Waals surface area contributed by atoms with Gasteiger partial charge in [0.25, 0.3) is 0 Å². The molecule has 0 bridgehead atoms. The topological polar surface area (TPSA) is 17.8 Å². The first kappa shape index (κ1) is 9.52. The smallest absolute Gasteiger partial charge is 0.0991 e. The minimum atomic E-state index is 1.14. The predicted molar refractivity (Wildman–Crippen MR) is 54.9 cm³/mol. The first-order chi connectivity index (χ1) is 6.47. The van der Waals surface area contributed by atoms with Gasteiger partial charge in [0, 0.05) is 18.1 Å². The Labute approximate surface area is 78.9 Å². The van der Waals surface area contributed by atoms with Crippen molar-refractivity contribution in [3.8, 4) is 5.69 Å². The van der Waals surface area contributed by atoms with Crippen molar-refractivity contribution in [2.45, 2.75) is 13.8 Å². The van der Waals surface area contributed by atoms with Crippen LogP contribution in [0.1, 0.15) is 13.8 Å². The van der Waals surface area contributed by atoms with Gasteiger partial charge in [0.2, 0.25) is 0 Å². The predicted octanol–water partition coefficient (Wildman–Crippen LogP) is 2.90. The van der Waals surface area contributed by atoms with Crippen LogP contribution < -0.4 is 0 Å². The maximum Gasteiger partial charge on any atom is 0.0991 e. The number of hydrogen-bond donors (Lipinski definition) is 0. The molecule has 1 aromatic carbocycles. The second-order valence-corrected chi connectivity index (χ2v) is 2.31. The summed E-state index contributed by atoms with van der Waals surface area (Å²) >= 11 is 0. The highest BCUT2D eigenvalue weighted by atomic mass is 15.0. The van der Waals surface area contributed by atoms with Crippen LogP contribution in [0.5, 0.6) is 0 Å². The molecule has 0 spiro atoms. The number of para-hydroxylation sites is 1. The van der Waals surface area contributed by atoms with E-state index in [1.807, 2.05) is 54.9 Å². The monoisotopic (exact) mass is 174 g/mol. The Morgan fingerprint density at radius 3 is 2.31 bits per heavy atom. The van der Waals surface area contributed by atoms with Crippen molar-refractivity contribution >= 4 is 0 Å². The number of imidazole rings is 1. The molecule has 2 nitrogen and oxygen atoms in total.